The lowest BCUT2D eigenvalue weighted by atomic mass is 10.2. The SMILES string of the molecule is Cc1cc(COc2cccc(Cl)c2C(=O)O)on1. The van der Waals surface area contributed by atoms with E-state index in [9.17, 15) is 4.79 Å². The Hall–Kier alpha value is -2.01. The Morgan fingerprint density at radius 2 is 2.33 bits per heavy atom. The molecule has 0 radical (unpaired) electrons. The lowest BCUT2D eigenvalue weighted by molar-refractivity contribution is 0.0691. The number of ether oxygens (including phenoxy) is 1. The first kappa shape index (κ1) is 12.4. The van der Waals surface area contributed by atoms with Gasteiger partial charge in [-0.25, -0.2) is 4.79 Å². The van der Waals surface area contributed by atoms with Gasteiger partial charge in [-0.1, -0.05) is 22.8 Å². The minimum Gasteiger partial charge on any atom is -0.485 e. The van der Waals surface area contributed by atoms with Crippen molar-refractivity contribution in [1.29, 1.82) is 0 Å². The van der Waals surface area contributed by atoms with Gasteiger partial charge in [0.1, 0.15) is 17.9 Å². The van der Waals surface area contributed by atoms with Crippen molar-refractivity contribution in [2.75, 3.05) is 0 Å². The molecule has 0 spiro atoms. The second-order valence-electron chi connectivity index (χ2n) is 3.64. The summed E-state index contributed by atoms with van der Waals surface area (Å²) >= 11 is 5.81. The van der Waals surface area contributed by atoms with Crippen LogP contribution >= 0.6 is 11.6 Å². The van der Waals surface area contributed by atoms with E-state index in [1.807, 2.05) is 0 Å². The van der Waals surface area contributed by atoms with Crippen LogP contribution in [0.1, 0.15) is 21.8 Å². The molecular weight excluding hydrogens is 258 g/mol. The van der Waals surface area contributed by atoms with Crippen LogP contribution in [0.25, 0.3) is 0 Å². The number of halogens is 1. The molecule has 2 aromatic rings. The van der Waals surface area contributed by atoms with Gasteiger partial charge in [-0.05, 0) is 19.1 Å². The molecule has 0 unspecified atom stereocenters. The molecule has 0 aliphatic heterocycles. The van der Waals surface area contributed by atoms with Gasteiger partial charge < -0.3 is 14.4 Å². The molecule has 18 heavy (non-hydrogen) atoms. The van der Waals surface area contributed by atoms with Crippen LogP contribution in [0.5, 0.6) is 5.75 Å². The summed E-state index contributed by atoms with van der Waals surface area (Å²) in [4.78, 5) is 11.1. The van der Waals surface area contributed by atoms with Gasteiger partial charge in [0.05, 0.1) is 10.7 Å². The summed E-state index contributed by atoms with van der Waals surface area (Å²) in [5.74, 6) is -0.419. The van der Waals surface area contributed by atoms with Crippen LogP contribution < -0.4 is 4.74 Å². The van der Waals surface area contributed by atoms with E-state index in [0.717, 1.165) is 5.69 Å². The molecule has 0 bridgehead atoms. The van der Waals surface area contributed by atoms with Crippen LogP contribution in [-0.4, -0.2) is 16.2 Å². The van der Waals surface area contributed by atoms with Crippen LogP contribution in [0.3, 0.4) is 0 Å². The maximum atomic E-state index is 11.1. The lowest BCUT2D eigenvalue weighted by Gasteiger charge is -2.08. The van der Waals surface area contributed by atoms with Crippen molar-refractivity contribution in [1.82, 2.24) is 5.16 Å². The van der Waals surface area contributed by atoms with Gasteiger partial charge in [0.15, 0.2) is 5.76 Å². The van der Waals surface area contributed by atoms with E-state index < -0.39 is 5.97 Å². The quantitative estimate of drug-likeness (QED) is 0.922. The number of aryl methyl sites for hydroxylation is 1. The number of hydrogen-bond donors (Lipinski definition) is 1. The Morgan fingerprint density at radius 1 is 1.56 bits per heavy atom. The predicted molar refractivity (Wildman–Crippen MR) is 64.0 cm³/mol. The molecule has 1 aromatic carbocycles. The standard InChI is InChI=1S/C12H10ClNO4/c1-7-5-8(18-14-7)6-17-10-4-2-3-9(13)11(10)12(15)16/h2-5H,6H2,1H3,(H,15,16). The zero-order valence-electron chi connectivity index (χ0n) is 9.51. The highest BCUT2D eigenvalue weighted by Crippen LogP contribution is 2.27. The van der Waals surface area contributed by atoms with Gasteiger partial charge in [-0.15, -0.1) is 0 Å². The maximum Gasteiger partial charge on any atom is 0.341 e. The first-order valence-electron chi connectivity index (χ1n) is 5.14. The summed E-state index contributed by atoms with van der Waals surface area (Å²) < 4.78 is 10.3. The number of rotatable bonds is 4. The molecule has 1 heterocycles. The minimum absolute atomic E-state index is 0.0598. The Bertz CT molecular complexity index is 579. The van der Waals surface area contributed by atoms with Crippen molar-refractivity contribution >= 4 is 17.6 Å². The Kier molecular flexibility index (Phi) is 3.53. The minimum atomic E-state index is -1.13. The number of aromatic carboxylic acids is 1. The molecule has 5 nitrogen and oxygen atoms in total. The van der Waals surface area contributed by atoms with Crippen LogP contribution in [0.15, 0.2) is 28.8 Å². The summed E-state index contributed by atoms with van der Waals surface area (Å²) in [5.41, 5.74) is 0.675. The van der Waals surface area contributed by atoms with E-state index in [-0.39, 0.29) is 22.9 Å². The van der Waals surface area contributed by atoms with Gasteiger partial charge in [-0.3, -0.25) is 0 Å². The number of carbonyl (C=O) groups is 1. The fourth-order valence-corrected chi connectivity index (χ4v) is 1.71. The number of benzene rings is 1. The van der Waals surface area contributed by atoms with E-state index in [1.165, 1.54) is 6.07 Å². The molecule has 1 aromatic heterocycles. The van der Waals surface area contributed by atoms with E-state index in [4.69, 9.17) is 26.0 Å². The zero-order chi connectivity index (χ0) is 13.1. The average Bonchev–Trinajstić information content (AvgIpc) is 2.72. The fourth-order valence-electron chi connectivity index (χ4n) is 1.47. The van der Waals surface area contributed by atoms with E-state index in [1.54, 1.807) is 25.1 Å². The highest BCUT2D eigenvalue weighted by molar-refractivity contribution is 6.33. The predicted octanol–water partition coefficient (Wildman–Crippen LogP) is 2.91. The molecule has 2 rings (SSSR count). The first-order valence-corrected chi connectivity index (χ1v) is 5.52. The Morgan fingerprint density at radius 3 is 2.94 bits per heavy atom. The van der Waals surface area contributed by atoms with Crippen LogP contribution in [0.2, 0.25) is 5.02 Å². The summed E-state index contributed by atoms with van der Waals surface area (Å²) in [5, 5.41) is 12.9. The molecule has 0 aliphatic carbocycles. The van der Waals surface area contributed by atoms with Crippen molar-refractivity contribution < 1.29 is 19.2 Å². The molecule has 6 heteroatoms. The number of aromatic nitrogens is 1. The van der Waals surface area contributed by atoms with Gasteiger partial charge >= 0.3 is 5.97 Å². The third-order valence-corrected chi connectivity index (χ3v) is 2.55. The van der Waals surface area contributed by atoms with Crippen molar-refractivity contribution in [3.05, 3.63) is 46.3 Å². The molecular formula is C12H10ClNO4. The first-order chi connectivity index (χ1) is 8.58. The lowest BCUT2D eigenvalue weighted by Crippen LogP contribution is -2.03. The molecule has 94 valence electrons. The second-order valence-corrected chi connectivity index (χ2v) is 4.05. The number of carboxylic acids is 1. The van der Waals surface area contributed by atoms with E-state index in [2.05, 4.69) is 5.16 Å². The van der Waals surface area contributed by atoms with Gasteiger partial charge in [0, 0.05) is 6.07 Å². The highest BCUT2D eigenvalue weighted by Gasteiger charge is 2.16. The normalized spacial score (nSPS) is 10.3. The smallest absolute Gasteiger partial charge is 0.341 e. The van der Waals surface area contributed by atoms with Gasteiger partial charge in [0.25, 0.3) is 0 Å². The molecule has 0 fully saturated rings. The Balaban J connectivity index is 2.19. The van der Waals surface area contributed by atoms with Crippen molar-refractivity contribution in [3.63, 3.8) is 0 Å². The van der Waals surface area contributed by atoms with Gasteiger partial charge in [0.2, 0.25) is 0 Å². The summed E-state index contributed by atoms with van der Waals surface area (Å²) in [6.07, 6.45) is 0. The Labute approximate surface area is 108 Å². The summed E-state index contributed by atoms with van der Waals surface area (Å²) in [7, 11) is 0. The molecule has 0 saturated heterocycles. The average molecular weight is 268 g/mol. The van der Waals surface area contributed by atoms with Crippen LogP contribution in [0, 0.1) is 6.92 Å². The van der Waals surface area contributed by atoms with Gasteiger partial charge in [-0.2, -0.15) is 0 Å². The third kappa shape index (κ3) is 2.62. The molecule has 1 N–H and O–H groups in total. The third-order valence-electron chi connectivity index (χ3n) is 2.24. The number of hydrogen-bond acceptors (Lipinski definition) is 4. The largest absolute Gasteiger partial charge is 0.485 e. The number of carboxylic acid groups (broad SMARTS) is 1. The molecule has 0 amide bonds. The second kappa shape index (κ2) is 5.10. The zero-order valence-corrected chi connectivity index (χ0v) is 10.3. The van der Waals surface area contributed by atoms with Crippen LogP contribution in [-0.2, 0) is 6.61 Å². The van der Waals surface area contributed by atoms with Crippen molar-refractivity contribution in [2.45, 2.75) is 13.5 Å². The number of nitrogens with zero attached hydrogens (tertiary/aromatic N) is 1. The summed E-state index contributed by atoms with van der Waals surface area (Å²) in [6.45, 7) is 1.89. The van der Waals surface area contributed by atoms with Crippen LogP contribution in [0.4, 0.5) is 0 Å². The monoisotopic (exact) mass is 267 g/mol. The fraction of sp³-hybridized carbons (Fsp3) is 0.167. The highest BCUT2D eigenvalue weighted by atomic mass is 35.5. The van der Waals surface area contributed by atoms with E-state index >= 15 is 0 Å². The molecule has 0 atom stereocenters. The molecule has 0 saturated carbocycles. The van der Waals surface area contributed by atoms with E-state index in [0.29, 0.717) is 5.76 Å². The van der Waals surface area contributed by atoms with Crippen molar-refractivity contribution in [3.8, 4) is 5.75 Å². The summed E-state index contributed by atoms with van der Waals surface area (Å²) in [6, 6.07) is 6.37. The molecule has 0 aliphatic rings. The topological polar surface area (TPSA) is 72.6 Å². The van der Waals surface area contributed by atoms with Crippen molar-refractivity contribution in [2.24, 2.45) is 0 Å². The maximum absolute atomic E-state index is 11.1.